The van der Waals surface area contributed by atoms with E-state index in [9.17, 15) is 4.79 Å². The summed E-state index contributed by atoms with van der Waals surface area (Å²) in [5.74, 6) is 2.41. The Morgan fingerprint density at radius 2 is 1.67 bits per heavy atom. The van der Waals surface area contributed by atoms with E-state index in [1.54, 1.807) is 19.1 Å². The van der Waals surface area contributed by atoms with Gasteiger partial charge in [0, 0.05) is 24.8 Å². The average Bonchev–Trinajstić information content (AvgIpc) is 3.34. The summed E-state index contributed by atoms with van der Waals surface area (Å²) in [7, 11) is 5.06. The van der Waals surface area contributed by atoms with E-state index in [4.69, 9.17) is 9.47 Å². The number of hydrogen-bond acceptors (Lipinski definition) is 6. The monoisotopic (exact) mass is 502 g/mol. The van der Waals surface area contributed by atoms with Gasteiger partial charge in [0.1, 0.15) is 0 Å². The molecule has 0 radical (unpaired) electrons. The number of carbonyl (C=O) groups excluding carboxylic acids is 1. The van der Waals surface area contributed by atoms with Gasteiger partial charge in [-0.2, -0.15) is 0 Å². The van der Waals surface area contributed by atoms with Crippen LogP contribution >= 0.6 is 11.8 Å². The minimum atomic E-state index is 0.0278. The van der Waals surface area contributed by atoms with Crippen molar-refractivity contribution in [1.82, 2.24) is 19.7 Å². The highest BCUT2D eigenvalue weighted by Gasteiger charge is 2.18. The third-order valence-corrected chi connectivity index (χ3v) is 6.81. The molecule has 1 heterocycles. The van der Waals surface area contributed by atoms with E-state index < -0.39 is 0 Å². The van der Waals surface area contributed by atoms with Crippen LogP contribution in [0.1, 0.15) is 11.1 Å². The molecule has 7 nitrogen and oxygen atoms in total. The van der Waals surface area contributed by atoms with Gasteiger partial charge >= 0.3 is 0 Å². The molecule has 0 atom stereocenters. The minimum Gasteiger partial charge on any atom is -0.493 e. The largest absolute Gasteiger partial charge is 0.493 e. The van der Waals surface area contributed by atoms with Crippen molar-refractivity contribution in [1.29, 1.82) is 0 Å². The molecule has 4 rings (SSSR count). The topological polar surface area (TPSA) is 69.5 Å². The summed E-state index contributed by atoms with van der Waals surface area (Å²) in [6.45, 7) is 2.65. The Kier molecular flexibility index (Phi) is 8.28. The summed E-state index contributed by atoms with van der Waals surface area (Å²) >= 11 is 1.39. The van der Waals surface area contributed by atoms with Crippen LogP contribution in [0.15, 0.2) is 78.0 Å². The van der Waals surface area contributed by atoms with Gasteiger partial charge in [0.25, 0.3) is 0 Å². The Labute approximate surface area is 216 Å². The predicted molar refractivity (Wildman–Crippen MR) is 143 cm³/mol. The molecule has 4 aromatic rings. The molecule has 0 unspecified atom stereocenters. The lowest BCUT2D eigenvalue weighted by Gasteiger charge is -2.18. The number of amides is 1. The molecule has 0 N–H and O–H groups in total. The zero-order valence-corrected chi connectivity index (χ0v) is 21.8. The van der Waals surface area contributed by atoms with Gasteiger partial charge in [-0.15, -0.1) is 10.2 Å². The first-order chi connectivity index (χ1) is 17.5. The van der Waals surface area contributed by atoms with Crippen LogP contribution in [-0.4, -0.2) is 59.1 Å². The number of likely N-dealkylation sites (N-methyl/N-ethyl adjacent to an activating group) is 1. The smallest absolute Gasteiger partial charge is 0.232 e. The molecule has 1 aromatic heterocycles. The first kappa shape index (κ1) is 25.3. The fraction of sp³-hybridized carbons (Fsp3) is 0.250. The lowest BCUT2D eigenvalue weighted by molar-refractivity contribution is -0.127. The highest BCUT2D eigenvalue weighted by atomic mass is 32.2. The molecule has 0 aliphatic rings. The summed E-state index contributed by atoms with van der Waals surface area (Å²) in [5, 5.41) is 9.58. The van der Waals surface area contributed by atoms with Gasteiger partial charge in [0.2, 0.25) is 5.91 Å². The van der Waals surface area contributed by atoms with E-state index >= 15 is 0 Å². The van der Waals surface area contributed by atoms with E-state index in [-0.39, 0.29) is 11.7 Å². The van der Waals surface area contributed by atoms with Crippen molar-refractivity contribution in [2.75, 3.05) is 33.6 Å². The number of rotatable bonds is 10. The van der Waals surface area contributed by atoms with Gasteiger partial charge in [0.05, 0.1) is 20.0 Å². The molecule has 0 aliphatic heterocycles. The molecule has 0 spiro atoms. The Balaban J connectivity index is 1.45. The number of aromatic nitrogens is 3. The Morgan fingerprint density at radius 3 is 2.36 bits per heavy atom. The van der Waals surface area contributed by atoms with Crippen LogP contribution in [0.25, 0.3) is 17.1 Å². The summed E-state index contributed by atoms with van der Waals surface area (Å²) in [5.41, 5.74) is 4.18. The van der Waals surface area contributed by atoms with Crippen LogP contribution in [0.5, 0.6) is 11.5 Å². The SMILES string of the molecule is COc1ccc(CCN(C)C(=O)CSc2nnc(-c3ccc(C)cc3)n2-c2ccccc2)cc1OC. The average molecular weight is 503 g/mol. The van der Waals surface area contributed by atoms with Crippen molar-refractivity contribution in [3.05, 3.63) is 83.9 Å². The van der Waals surface area contributed by atoms with Crippen LogP contribution in [0.3, 0.4) is 0 Å². The normalized spacial score (nSPS) is 10.8. The van der Waals surface area contributed by atoms with E-state index in [1.807, 2.05) is 72.3 Å². The van der Waals surface area contributed by atoms with E-state index in [0.717, 1.165) is 22.6 Å². The molecule has 0 aliphatic carbocycles. The molecular weight excluding hydrogens is 472 g/mol. The van der Waals surface area contributed by atoms with Gasteiger partial charge in [0.15, 0.2) is 22.5 Å². The van der Waals surface area contributed by atoms with Crippen LogP contribution in [0, 0.1) is 6.92 Å². The molecule has 3 aromatic carbocycles. The van der Waals surface area contributed by atoms with Crippen LogP contribution in [-0.2, 0) is 11.2 Å². The number of carbonyl (C=O) groups is 1. The summed E-state index contributed by atoms with van der Waals surface area (Å²) in [6.07, 6.45) is 0.713. The number of aryl methyl sites for hydroxylation is 1. The first-order valence-corrected chi connectivity index (χ1v) is 12.6. The lowest BCUT2D eigenvalue weighted by atomic mass is 10.1. The number of benzene rings is 3. The molecule has 186 valence electrons. The Hall–Kier alpha value is -3.78. The zero-order chi connectivity index (χ0) is 25.5. The second-order valence-electron chi connectivity index (χ2n) is 8.39. The van der Waals surface area contributed by atoms with E-state index in [2.05, 4.69) is 29.3 Å². The predicted octanol–water partition coefficient (Wildman–Crippen LogP) is 5.05. The van der Waals surface area contributed by atoms with Gasteiger partial charge in [-0.1, -0.05) is 65.9 Å². The molecule has 0 saturated carbocycles. The Bertz CT molecular complexity index is 1310. The minimum absolute atomic E-state index is 0.0278. The highest BCUT2D eigenvalue weighted by Crippen LogP contribution is 2.29. The summed E-state index contributed by atoms with van der Waals surface area (Å²) < 4.78 is 12.7. The summed E-state index contributed by atoms with van der Waals surface area (Å²) in [6, 6.07) is 24.0. The molecule has 0 saturated heterocycles. The van der Waals surface area contributed by atoms with Crippen molar-refractivity contribution >= 4 is 17.7 Å². The fourth-order valence-electron chi connectivity index (χ4n) is 3.76. The number of para-hydroxylation sites is 1. The van der Waals surface area contributed by atoms with E-state index in [0.29, 0.717) is 29.6 Å². The van der Waals surface area contributed by atoms with Crippen LogP contribution in [0.2, 0.25) is 0 Å². The third-order valence-electron chi connectivity index (χ3n) is 5.89. The second kappa shape index (κ2) is 11.8. The van der Waals surface area contributed by atoms with Crippen molar-refractivity contribution < 1.29 is 14.3 Å². The quantitative estimate of drug-likeness (QED) is 0.283. The van der Waals surface area contributed by atoms with Crippen molar-refractivity contribution in [2.45, 2.75) is 18.5 Å². The van der Waals surface area contributed by atoms with Gasteiger partial charge in [-0.25, -0.2) is 0 Å². The number of hydrogen-bond donors (Lipinski definition) is 0. The van der Waals surface area contributed by atoms with E-state index in [1.165, 1.54) is 17.3 Å². The molecule has 0 fully saturated rings. The maximum Gasteiger partial charge on any atom is 0.232 e. The van der Waals surface area contributed by atoms with Crippen LogP contribution in [0.4, 0.5) is 0 Å². The molecule has 1 amide bonds. The van der Waals surface area contributed by atoms with Gasteiger partial charge in [-0.05, 0) is 43.2 Å². The number of nitrogens with zero attached hydrogens (tertiary/aromatic N) is 4. The Morgan fingerprint density at radius 1 is 0.944 bits per heavy atom. The van der Waals surface area contributed by atoms with Gasteiger partial charge < -0.3 is 14.4 Å². The van der Waals surface area contributed by atoms with Gasteiger partial charge in [-0.3, -0.25) is 9.36 Å². The standard InChI is InChI=1S/C28H30N4O3S/c1-20-10-13-22(14-11-20)27-29-30-28(32(27)23-8-6-5-7-9-23)36-19-26(33)31(2)17-16-21-12-15-24(34-3)25(18-21)35-4/h5-15,18H,16-17,19H2,1-4H3. The molecule has 8 heteroatoms. The summed E-state index contributed by atoms with van der Waals surface area (Å²) in [4.78, 5) is 14.7. The lowest BCUT2D eigenvalue weighted by Crippen LogP contribution is -2.30. The van der Waals surface area contributed by atoms with Crippen molar-refractivity contribution in [3.8, 4) is 28.6 Å². The maximum atomic E-state index is 12.9. The first-order valence-electron chi connectivity index (χ1n) is 11.7. The zero-order valence-electron chi connectivity index (χ0n) is 21.0. The fourth-order valence-corrected chi connectivity index (χ4v) is 4.65. The van der Waals surface area contributed by atoms with Crippen LogP contribution < -0.4 is 9.47 Å². The van der Waals surface area contributed by atoms with Crippen molar-refractivity contribution in [2.24, 2.45) is 0 Å². The molecular formula is C28H30N4O3S. The second-order valence-corrected chi connectivity index (χ2v) is 9.33. The molecule has 36 heavy (non-hydrogen) atoms. The number of thioether (sulfide) groups is 1. The third kappa shape index (κ3) is 5.88. The number of ether oxygens (including phenoxy) is 2. The number of methoxy groups -OCH3 is 2. The highest BCUT2D eigenvalue weighted by molar-refractivity contribution is 7.99. The molecule has 0 bridgehead atoms. The van der Waals surface area contributed by atoms with Crippen molar-refractivity contribution in [3.63, 3.8) is 0 Å². The maximum absolute atomic E-state index is 12.9.